The molecule has 0 rings (SSSR count). The Labute approximate surface area is 64.2 Å². The molecule has 0 amide bonds. The van der Waals surface area contributed by atoms with Crippen LogP contribution in [0.15, 0.2) is 12.2 Å². The molecule has 0 unspecified atom stereocenters. The Morgan fingerprint density at radius 3 is 1.73 bits per heavy atom. The van der Waals surface area contributed by atoms with E-state index in [4.69, 9.17) is 0 Å². The van der Waals surface area contributed by atoms with E-state index in [0.717, 1.165) is 0 Å². The van der Waals surface area contributed by atoms with Gasteiger partial charge in [0.2, 0.25) is 0 Å². The summed E-state index contributed by atoms with van der Waals surface area (Å²) in [6.07, 6.45) is 0. The summed E-state index contributed by atoms with van der Waals surface area (Å²) in [6, 6.07) is 0. The highest BCUT2D eigenvalue weighted by Crippen LogP contribution is 2.22. The predicted molar refractivity (Wildman–Crippen MR) is 32.9 cm³/mol. The maximum atomic E-state index is 10.3. The van der Waals surface area contributed by atoms with E-state index >= 15 is 0 Å². The molecule has 0 atom stereocenters. The SMILES string of the molecule is C=C(C(=O)[O-])C(C)(C)C(=O)[O-]. The highest BCUT2D eigenvalue weighted by molar-refractivity contribution is 5.93. The first-order valence-electron chi connectivity index (χ1n) is 2.92. The lowest BCUT2D eigenvalue weighted by molar-refractivity contribution is -0.320. The van der Waals surface area contributed by atoms with E-state index in [1.165, 1.54) is 13.8 Å². The maximum absolute atomic E-state index is 10.3. The van der Waals surface area contributed by atoms with Crippen LogP contribution in [0.4, 0.5) is 0 Å². The van der Waals surface area contributed by atoms with Crippen LogP contribution in [0.2, 0.25) is 0 Å². The second-order valence-corrected chi connectivity index (χ2v) is 2.68. The Kier molecular flexibility index (Phi) is 2.41. The predicted octanol–water partition coefficient (Wildman–Crippen LogP) is -1.93. The van der Waals surface area contributed by atoms with Crippen molar-refractivity contribution < 1.29 is 19.8 Å². The summed E-state index contributed by atoms with van der Waals surface area (Å²) in [6.45, 7) is 5.45. The van der Waals surface area contributed by atoms with Gasteiger partial charge in [-0.15, -0.1) is 0 Å². The highest BCUT2D eigenvalue weighted by atomic mass is 16.4. The first-order chi connectivity index (χ1) is 4.80. The number of aliphatic carboxylic acids is 2. The van der Waals surface area contributed by atoms with Gasteiger partial charge in [-0.3, -0.25) is 0 Å². The molecule has 4 heteroatoms. The van der Waals surface area contributed by atoms with Crippen molar-refractivity contribution in [2.45, 2.75) is 13.8 Å². The third-order valence-electron chi connectivity index (χ3n) is 1.51. The number of rotatable bonds is 3. The molecule has 0 heterocycles. The van der Waals surface area contributed by atoms with Gasteiger partial charge in [0.1, 0.15) is 0 Å². The summed E-state index contributed by atoms with van der Waals surface area (Å²) in [7, 11) is 0. The molecular formula is C7H8O4-2. The summed E-state index contributed by atoms with van der Waals surface area (Å²) in [5.41, 5.74) is -2.06. The summed E-state index contributed by atoms with van der Waals surface area (Å²) >= 11 is 0. The lowest BCUT2D eigenvalue weighted by Gasteiger charge is -2.28. The van der Waals surface area contributed by atoms with E-state index < -0.39 is 22.9 Å². The van der Waals surface area contributed by atoms with E-state index in [0.29, 0.717) is 0 Å². The van der Waals surface area contributed by atoms with Crippen LogP contribution < -0.4 is 10.2 Å². The van der Waals surface area contributed by atoms with Crippen molar-refractivity contribution in [1.82, 2.24) is 0 Å². The number of hydrogen-bond acceptors (Lipinski definition) is 4. The van der Waals surface area contributed by atoms with Gasteiger partial charge in [0, 0.05) is 5.41 Å². The molecule has 0 aromatic carbocycles. The second kappa shape index (κ2) is 2.74. The molecule has 4 nitrogen and oxygen atoms in total. The summed E-state index contributed by atoms with van der Waals surface area (Å²) in [4.78, 5) is 20.5. The second-order valence-electron chi connectivity index (χ2n) is 2.68. The molecule has 11 heavy (non-hydrogen) atoms. The van der Waals surface area contributed by atoms with E-state index in [1.807, 2.05) is 0 Å². The van der Waals surface area contributed by atoms with Crippen molar-refractivity contribution in [3.8, 4) is 0 Å². The summed E-state index contributed by atoms with van der Waals surface area (Å²) in [5, 5.41) is 20.5. The smallest absolute Gasteiger partial charge is 0.0678 e. The summed E-state index contributed by atoms with van der Waals surface area (Å²) in [5.74, 6) is -3.05. The van der Waals surface area contributed by atoms with E-state index in [9.17, 15) is 19.8 Å². The van der Waals surface area contributed by atoms with Crippen LogP contribution in [0.1, 0.15) is 13.8 Å². The van der Waals surface area contributed by atoms with Crippen LogP contribution in [-0.4, -0.2) is 11.9 Å². The Morgan fingerprint density at radius 1 is 1.27 bits per heavy atom. The van der Waals surface area contributed by atoms with Crippen molar-refractivity contribution in [2.75, 3.05) is 0 Å². The topological polar surface area (TPSA) is 80.3 Å². The maximum Gasteiger partial charge on any atom is 0.0678 e. The molecule has 0 saturated carbocycles. The molecule has 62 valence electrons. The third kappa shape index (κ3) is 1.80. The number of carbonyl (C=O) groups is 2. The van der Waals surface area contributed by atoms with Crippen LogP contribution >= 0.6 is 0 Å². The van der Waals surface area contributed by atoms with Gasteiger partial charge in [-0.1, -0.05) is 20.4 Å². The molecule has 0 radical (unpaired) electrons. The Balaban J connectivity index is 4.70. The van der Waals surface area contributed by atoms with Crippen LogP contribution in [-0.2, 0) is 9.59 Å². The van der Waals surface area contributed by atoms with Gasteiger partial charge in [-0.25, -0.2) is 0 Å². The lowest BCUT2D eigenvalue weighted by atomic mass is 9.85. The standard InChI is InChI=1S/C7H10O4/c1-4(5(8)9)7(2,3)6(10)11/h1H2,2-3H3,(H,8,9)(H,10,11)/p-2. The van der Waals surface area contributed by atoms with Crippen molar-refractivity contribution in [3.63, 3.8) is 0 Å². The minimum absolute atomic E-state index is 0.488. The van der Waals surface area contributed by atoms with E-state index in [1.54, 1.807) is 0 Å². The molecule has 0 aliphatic heterocycles. The fourth-order valence-corrected chi connectivity index (χ4v) is 0.378. The van der Waals surface area contributed by atoms with E-state index in [-0.39, 0.29) is 0 Å². The minimum Gasteiger partial charge on any atom is -0.549 e. The van der Waals surface area contributed by atoms with Gasteiger partial charge < -0.3 is 19.8 Å². The zero-order valence-corrected chi connectivity index (χ0v) is 6.34. The van der Waals surface area contributed by atoms with Gasteiger partial charge in [-0.05, 0) is 5.57 Å². The molecule has 0 aromatic heterocycles. The van der Waals surface area contributed by atoms with Crippen molar-refractivity contribution in [1.29, 1.82) is 0 Å². The van der Waals surface area contributed by atoms with Gasteiger partial charge in [0.05, 0.1) is 11.9 Å². The van der Waals surface area contributed by atoms with Gasteiger partial charge in [-0.2, -0.15) is 0 Å². The quantitative estimate of drug-likeness (QED) is 0.445. The molecular weight excluding hydrogens is 148 g/mol. The lowest BCUT2D eigenvalue weighted by Crippen LogP contribution is -2.43. The molecule has 0 aromatic rings. The Morgan fingerprint density at radius 2 is 1.64 bits per heavy atom. The molecule has 0 spiro atoms. The van der Waals surface area contributed by atoms with Crippen molar-refractivity contribution in [2.24, 2.45) is 5.41 Å². The number of carboxylic acid groups (broad SMARTS) is 2. The highest BCUT2D eigenvalue weighted by Gasteiger charge is 2.23. The van der Waals surface area contributed by atoms with Crippen LogP contribution in [0.3, 0.4) is 0 Å². The van der Waals surface area contributed by atoms with Gasteiger partial charge >= 0.3 is 0 Å². The number of carboxylic acids is 2. The van der Waals surface area contributed by atoms with E-state index in [2.05, 4.69) is 6.58 Å². The zero-order valence-electron chi connectivity index (χ0n) is 6.34. The van der Waals surface area contributed by atoms with Crippen molar-refractivity contribution >= 4 is 11.9 Å². The summed E-state index contributed by atoms with van der Waals surface area (Å²) < 4.78 is 0. The van der Waals surface area contributed by atoms with Gasteiger partial charge in [0.15, 0.2) is 0 Å². The Hall–Kier alpha value is -1.32. The fourth-order valence-electron chi connectivity index (χ4n) is 0.378. The average molecular weight is 156 g/mol. The molecule has 0 aliphatic rings. The largest absolute Gasteiger partial charge is 0.549 e. The molecule has 0 saturated heterocycles. The normalized spacial score (nSPS) is 10.7. The fraction of sp³-hybridized carbons (Fsp3) is 0.429. The first-order valence-corrected chi connectivity index (χ1v) is 2.92. The van der Waals surface area contributed by atoms with Crippen molar-refractivity contribution in [3.05, 3.63) is 12.2 Å². The third-order valence-corrected chi connectivity index (χ3v) is 1.51. The first kappa shape index (κ1) is 9.68. The van der Waals surface area contributed by atoms with Crippen LogP contribution in [0.25, 0.3) is 0 Å². The molecule has 0 aliphatic carbocycles. The average Bonchev–Trinajstić information content (AvgIpc) is 1.85. The number of hydrogen-bond donors (Lipinski definition) is 0. The van der Waals surface area contributed by atoms with Gasteiger partial charge in [0.25, 0.3) is 0 Å². The molecule has 0 N–H and O–H groups in total. The molecule has 0 bridgehead atoms. The minimum atomic E-state index is -1.57. The zero-order chi connectivity index (χ0) is 9.23. The Bertz CT molecular complexity index is 214. The van der Waals surface area contributed by atoms with Crippen LogP contribution in [0, 0.1) is 5.41 Å². The van der Waals surface area contributed by atoms with Crippen LogP contribution in [0.5, 0.6) is 0 Å². The number of carbonyl (C=O) groups excluding carboxylic acids is 2. The monoisotopic (exact) mass is 156 g/mol. The molecule has 0 fully saturated rings.